The van der Waals surface area contributed by atoms with Gasteiger partial charge in [-0.3, -0.25) is 9.69 Å². The third kappa shape index (κ3) is 4.95. The number of piperazine rings is 1. The number of aliphatic hydroxyl groups is 1. The molecular formula is C18H21ClN2O3S. The molecule has 1 aromatic heterocycles. The van der Waals surface area contributed by atoms with Crippen molar-refractivity contribution in [3.8, 4) is 16.9 Å². The molecule has 2 N–H and O–H groups in total. The summed E-state index contributed by atoms with van der Waals surface area (Å²) < 4.78 is 5.74. The lowest BCUT2D eigenvalue weighted by Crippen LogP contribution is -2.50. The number of aliphatic hydroxyl groups excluding tert-OH is 1. The van der Waals surface area contributed by atoms with E-state index >= 15 is 0 Å². The molecule has 0 radical (unpaired) electrons. The van der Waals surface area contributed by atoms with Crippen molar-refractivity contribution in [3.05, 3.63) is 39.5 Å². The van der Waals surface area contributed by atoms with Crippen LogP contribution in [0.1, 0.15) is 5.56 Å². The quantitative estimate of drug-likeness (QED) is 0.808. The molecular weight excluding hydrogens is 360 g/mol. The van der Waals surface area contributed by atoms with Gasteiger partial charge in [-0.1, -0.05) is 11.6 Å². The van der Waals surface area contributed by atoms with E-state index in [9.17, 15) is 9.90 Å². The number of carbonyl (C=O) groups excluding carboxylic acids is 1. The molecule has 5 nitrogen and oxygen atoms in total. The number of hydrogen-bond acceptors (Lipinski definition) is 5. The third-order valence-electron chi connectivity index (χ3n) is 4.07. The minimum Gasteiger partial charge on any atom is -0.491 e. The Hall–Kier alpha value is -1.60. The molecule has 1 aromatic carbocycles. The van der Waals surface area contributed by atoms with Crippen molar-refractivity contribution in [1.82, 2.24) is 10.2 Å². The van der Waals surface area contributed by atoms with Crippen LogP contribution in [0.3, 0.4) is 0 Å². The smallest absolute Gasteiger partial charge is 0.234 e. The zero-order chi connectivity index (χ0) is 17.8. The largest absolute Gasteiger partial charge is 0.491 e. The van der Waals surface area contributed by atoms with Crippen LogP contribution in [0.5, 0.6) is 5.75 Å². The normalized spacial score (nSPS) is 16.5. The van der Waals surface area contributed by atoms with Crippen molar-refractivity contribution in [3.63, 3.8) is 0 Å². The summed E-state index contributed by atoms with van der Waals surface area (Å²) >= 11 is 7.86. The Morgan fingerprint density at radius 3 is 2.96 bits per heavy atom. The predicted molar refractivity (Wildman–Crippen MR) is 100 cm³/mol. The molecule has 0 saturated carbocycles. The molecule has 0 bridgehead atoms. The second-order valence-corrected chi connectivity index (χ2v) is 7.37. The van der Waals surface area contributed by atoms with Gasteiger partial charge >= 0.3 is 0 Å². The van der Waals surface area contributed by atoms with Crippen molar-refractivity contribution in [2.45, 2.75) is 13.0 Å². The van der Waals surface area contributed by atoms with Crippen LogP contribution in [-0.4, -0.2) is 54.8 Å². The van der Waals surface area contributed by atoms with Gasteiger partial charge in [0.15, 0.2) is 0 Å². The zero-order valence-corrected chi connectivity index (χ0v) is 15.6. The van der Waals surface area contributed by atoms with Gasteiger partial charge in [-0.25, -0.2) is 0 Å². The summed E-state index contributed by atoms with van der Waals surface area (Å²) in [5, 5.41) is 17.7. The summed E-state index contributed by atoms with van der Waals surface area (Å²) in [4.78, 5) is 13.3. The highest BCUT2D eigenvalue weighted by molar-refractivity contribution is 7.08. The van der Waals surface area contributed by atoms with Gasteiger partial charge in [-0.15, -0.1) is 0 Å². The van der Waals surface area contributed by atoms with Crippen LogP contribution in [0, 0.1) is 6.92 Å². The van der Waals surface area contributed by atoms with Gasteiger partial charge in [0.25, 0.3) is 0 Å². The Morgan fingerprint density at radius 1 is 1.40 bits per heavy atom. The minimum atomic E-state index is -0.670. The minimum absolute atomic E-state index is 0.00927. The summed E-state index contributed by atoms with van der Waals surface area (Å²) in [5.74, 6) is 0.619. The van der Waals surface area contributed by atoms with Gasteiger partial charge in [0, 0.05) is 24.7 Å². The first-order chi connectivity index (χ1) is 12.0. The summed E-state index contributed by atoms with van der Waals surface area (Å²) in [7, 11) is 0. The molecule has 0 spiro atoms. The van der Waals surface area contributed by atoms with E-state index in [1.165, 1.54) is 5.56 Å². The van der Waals surface area contributed by atoms with Crippen molar-refractivity contribution in [1.29, 1.82) is 0 Å². The highest BCUT2D eigenvalue weighted by Gasteiger charge is 2.19. The van der Waals surface area contributed by atoms with E-state index < -0.39 is 6.10 Å². The number of nitrogens with zero attached hydrogens (tertiary/aromatic N) is 1. The van der Waals surface area contributed by atoms with Crippen molar-refractivity contribution in [2.24, 2.45) is 0 Å². The number of thiophene rings is 1. The molecule has 2 heterocycles. The van der Waals surface area contributed by atoms with Gasteiger partial charge in [-0.2, -0.15) is 11.3 Å². The first kappa shape index (κ1) is 18.2. The fourth-order valence-electron chi connectivity index (χ4n) is 2.85. The lowest BCUT2D eigenvalue weighted by atomic mass is 10.1. The van der Waals surface area contributed by atoms with E-state index in [0.29, 0.717) is 30.4 Å². The Labute approximate surface area is 156 Å². The third-order valence-corrected chi connectivity index (χ3v) is 5.15. The molecule has 134 valence electrons. The average Bonchev–Trinajstić information content (AvgIpc) is 2.99. The first-order valence-corrected chi connectivity index (χ1v) is 9.47. The molecule has 7 heteroatoms. The number of benzene rings is 1. The maximum absolute atomic E-state index is 11.4. The van der Waals surface area contributed by atoms with Gasteiger partial charge in [0.05, 0.1) is 6.54 Å². The molecule has 1 saturated heterocycles. The fourth-order valence-corrected chi connectivity index (χ4v) is 3.93. The van der Waals surface area contributed by atoms with Gasteiger partial charge < -0.3 is 15.2 Å². The highest BCUT2D eigenvalue weighted by Crippen LogP contribution is 2.32. The van der Waals surface area contributed by atoms with Crippen LogP contribution in [0.25, 0.3) is 11.1 Å². The SMILES string of the molecule is Cc1cscc1-c1cc(Cl)cc(OCC(O)CN2CCNC(=O)C2)c1. The molecule has 1 aliphatic rings. The molecule has 1 aliphatic heterocycles. The summed E-state index contributed by atoms with van der Waals surface area (Å²) in [6.07, 6.45) is -0.670. The Balaban J connectivity index is 1.60. The van der Waals surface area contributed by atoms with E-state index in [0.717, 1.165) is 17.7 Å². The number of β-amino-alcohol motifs (C(OH)–C–C–N with tert-alkyl or cyclic N) is 1. The molecule has 0 aliphatic carbocycles. The molecule has 1 fully saturated rings. The Morgan fingerprint density at radius 2 is 2.24 bits per heavy atom. The lowest BCUT2D eigenvalue weighted by Gasteiger charge is -2.28. The van der Waals surface area contributed by atoms with Crippen molar-refractivity contribution in [2.75, 3.05) is 32.8 Å². The molecule has 1 unspecified atom stereocenters. The zero-order valence-electron chi connectivity index (χ0n) is 14.0. The van der Waals surface area contributed by atoms with Gasteiger partial charge in [0.1, 0.15) is 18.5 Å². The standard InChI is InChI=1S/C18H21ClN2O3S/c1-12-10-25-11-17(12)13-4-14(19)6-16(5-13)24-9-15(22)7-21-3-2-20-18(23)8-21/h4-6,10-11,15,22H,2-3,7-9H2,1H3,(H,20,23). The number of hydrogen-bond donors (Lipinski definition) is 2. The summed E-state index contributed by atoms with van der Waals surface area (Å²) in [6.45, 7) is 4.29. The molecule has 2 aromatic rings. The monoisotopic (exact) mass is 380 g/mol. The number of halogens is 1. The number of carbonyl (C=O) groups is 1. The van der Waals surface area contributed by atoms with E-state index in [-0.39, 0.29) is 12.5 Å². The number of amides is 1. The fraction of sp³-hybridized carbons (Fsp3) is 0.389. The van der Waals surface area contributed by atoms with Crippen LogP contribution < -0.4 is 10.1 Å². The maximum Gasteiger partial charge on any atom is 0.234 e. The molecule has 3 rings (SSSR count). The maximum atomic E-state index is 11.4. The van der Waals surface area contributed by atoms with Gasteiger partial charge in [0.2, 0.25) is 5.91 Å². The van der Waals surface area contributed by atoms with E-state index in [2.05, 4.69) is 23.0 Å². The van der Waals surface area contributed by atoms with E-state index in [1.54, 1.807) is 17.4 Å². The topological polar surface area (TPSA) is 61.8 Å². The van der Waals surface area contributed by atoms with E-state index in [1.807, 2.05) is 17.0 Å². The summed E-state index contributed by atoms with van der Waals surface area (Å²) in [5.41, 5.74) is 3.34. The van der Waals surface area contributed by atoms with Crippen LogP contribution in [0.15, 0.2) is 29.0 Å². The second-order valence-electron chi connectivity index (χ2n) is 6.19. The number of rotatable bonds is 6. The number of ether oxygens (including phenoxy) is 1. The van der Waals surface area contributed by atoms with Gasteiger partial charge in [-0.05, 0) is 52.6 Å². The van der Waals surface area contributed by atoms with E-state index in [4.69, 9.17) is 16.3 Å². The molecule has 1 atom stereocenters. The number of nitrogens with one attached hydrogen (secondary N) is 1. The Bertz CT molecular complexity index is 750. The van der Waals surface area contributed by atoms with Crippen LogP contribution in [-0.2, 0) is 4.79 Å². The second kappa shape index (κ2) is 8.19. The molecule has 1 amide bonds. The predicted octanol–water partition coefficient (Wildman–Crippen LogP) is 2.55. The number of aryl methyl sites for hydroxylation is 1. The van der Waals surface area contributed by atoms with Crippen LogP contribution >= 0.6 is 22.9 Å². The van der Waals surface area contributed by atoms with Crippen LogP contribution in [0.2, 0.25) is 5.02 Å². The lowest BCUT2D eigenvalue weighted by molar-refractivity contribution is -0.124. The van der Waals surface area contributed by atoms with Crippen LogP contribution in [0.4, 0.5) is 0 Å². The van der Waals surface area contributed by atoms with Crippen molar-refractivity contribution >= 4 is 28.8 Å². The Kier molecular flexibility index (Phi) is 5.96. The summed E-state index contributed by atoms with van der Waals surface area (Å²) in [6, 6.07) is 5.59. The first-order valence-electron chi connectivity index (χ1n) is 8.15. The highest BCUT2D eigenvalue weighted by atomic mass is 35.5. The average molecular weight is 381 g/mol. The molecule has 25 heavy (non-hydrogen) atoms. The van der Waals surface area contributed by atoms with Crippen molar-refractivity contribution < 1.29 is 14.6 Å².